The zero-order valence-electron chi connectivity index (χ0n) is 14.5. The van der Waals surface area contributed by atoms with Gasteiger partial charge in [-0.25, -0.2) is 14.8 Å². The number of carbonyl (C=O) groups is 2. The molecule has 136 valence electrons. The number of hydrogen-bond donors (Lipinski definition) is 0. The van der Waals surface area contributed by atoms with Gasteiger partial charge in [0.15, 0.2) is 6.61 Å². The smallest absolute Gasteiger partial charge is 0.331 e. The molecule has 0 bridgehead atoms. The van der Waals surface area contributed by atoms with E-state index in [0.29, 0.717) is 32.1 Å². The first-order chi connectivity index (χ1) is 12.6. The highest BCUT2D eigenvalue weighted by atomic mass is 32.1. The van der Waals surface area contributed by atoms with E-state index >= 15 is 0 Å². The molecule has 0 saturated carbocycles. The minimum absolute atomic E-state index is 0.188. The lowest BCUT2D eigenvalue weighted by Gasteiger charge is -2.34. The normalized spacial score (nSPS) is 14.7. The van der Waals surface area contributed by atoms with Crippen molar-refractivity contribution >= 4 is 35.2 Å². The number of hydrogen-bond acceptors (Lipinski definition) is 7. The molecular formula is C18H20N4O3S. The van der Waals surface area contributed by atoms with Gasteiger partial charge in [0.25, 0.3) is 5.91 Å². The number of esters is 1. The van der Waals surface area contributed by atoms with Crippen LogP contribution < -0.4 is 4.90 Å². The van der Waals surface area contributed by atoms with Crippen molar-refractivity contribution in [2.45, 2.75) is 6.92 Å². The molecule has 0 aliphatic carbocycles. The number of piperazine rings is 1. The van der Waals surface area contributed by atoms with Crippen LogP contribution in [0.2, 0.25) is 0 Å². The summed E-state index contributed by atoms with van der Waals surface area (Å²) >= 11 is 1.59. The van der Waals surface area contributed by atoms with Gasteiger partial charge in [0.2, 0.25) is 5.95 Å². The summed E-state index contributed by atoms with van der Waals surface area (Å²) in [6.45, 7) is 4.18. The zero-order chi connectivity index (χ0) is 18.4. The lowest BCUT2D eigenvalue weighted by Crippen LogP contribution is -2.50. The van der Waals surface area contributed by atoms with E-state index in [1.54, 1.807) is 40.8 Å². The largest absolute Gasteiger partial charge is 0.452 e. The maximum absolute atomic E-state index is 12.2. The first-order valence-corrected chi connectivity index (χ1v) is 9.14. The number of aryl methyl sites for hydroxylation is 1. The average Bonchev–Trinajstić information content (AvgIpc) is 3.10. The van der Waals surface area contributed by atoms with E-state index < -0.39 is 5.97 Å². The third-order valence-corrected chi connectivity index (χ3v) is 4.92. The minimum Gasteiger partial charge on any atom is -0.452 e. The Morgan fingerprint density at radius 2 is 1.92 bits per heavy atom. The predicted molar refractivity (Wildman–Crippen MR) is 99.9 cm³/mol. The van der Waals surface area contributed by atoms with E-state index in [-0.39, 0.29) is 12.5 Å². The SMILES string of the molecule is Cc1ccc(/C=C/C(=O)OCC(=O)N2CCN(c3ncccn3)CC2)s1. The molecule has 8 heteroatoms. The van der Waals surface area contributed by atoms with Gasteiger partial charge >= 0.3 is 5.97 Å². The molecule has 3 rings (SSSR count). The quantitative estimate of drug-likeness (QED) is 0.588. The molecule has 26 heavy (non-hydrogen) atoms. The molecule has 1 aliphatic heterocycles. The van der Waals surface area contributed by atoms with E-state index in [1.165, 1.54) is 11.0 Å². The first-order valence-electron chi connectivity index (χ1n) is 8.33. The van der Waals surface area contributed by atoms with Crippen molar-refractivity contribution in [3.63, 3.8) is 0 Å². The molecule has 2 aromatic heterocycles. The molecule has 0 atom stereocenters. The van der Waals surface area contributed by atoms with Crippen molar-refractivity contribution in [1.82, 2.24) is 14.9 Å². The van der Waals surface area contributed by atoms with Crippen LogP contribution in [-0.2, 0) is 14.3 Å². The number of anilines is 1. The molecule has 0 N–H and O–H groups in total. The Balaban J connectivity index is 1.41. The summed E-state index contributed by atoms with van der Waals surface area (Å²) in [5, 5.41) is 0. The Morgan fingerprint density at radius 1 is 1.19 bits per heavy atom. The van der Waals surface area contributed by atoms with Crippen LogP contribution in [0.25, 0.3) is 6.08 Å². The predicted octanol–water partition coefficient (Wildman–Crippen LogP) is 1.75. The van der Waals surface area contributed by atoms with Crippen molar-refractivity contribution < 1.29 is 14.3 Å². The van der Waals surface area contributed by atoms with Crippen LogP contribution in [0.4, 0.5) is 5.95 Å². The van der Waals surface area contributed by atoms with Gasteiger partial charge < -0.3 is 14.5 Å². The molecule has 1 fully saturated rings. The Hall–Kier alpha value is -2.74. The summed E-state index contributed by atoms with van der Waals surface area (Å²) in [4.78, 5) is 38.2. The monoisotopic (exact) mass is 372 g/mol. The number of ether oxygens (including phenoxy) is 1. The minimum atomic E-state index is -0.513. The fraction of sp³-hybridized carbons (Fsp3) is 0.333. The topological polar surface area (TPSA) is 75.6 Å². The second kappa shape index (κ2) is 8.57. The van der Waals surface area contributed by atoms with Gasteiger partial charge in [0.05, 0.1) is 0 Å². The number of thiophene rings is 1. The molecule has 7 nitrogen and oxygen atoms in total. The lowest BCUT2D eigenvalue weighted by atomic mass is 10.3. The zero-order valence-corrected chi connectivity index (χ0v) is 15.3. The summed E-state index contributed by atoms with van der Waals surface area (Å²) in [6, 6.07) is 5.69. The van der Waals surface area contributed by atoms with Gasteiger partial charge in [-0.1, -0.05) is 0 Å². The highest BCUT2D eigenvalue weighted by Gasteiger charge is 2.22. The number of rotatable bonds is 5. The van der Waals surface area contributed by atoms with Crippen molar-refractivity contribution in [3.8, 4) is 0 Å². The highest BCUT2D eigenvalue weighted by Crippen LogP contribution is 2.16. The molecule has 2 aromatic rings. The Morgan fingerprint density at radius 3 is 2.58 bits per heavy atom. The van der Waals surface area contributed by atoms with E-state index in [9.17, 15) is 9.59 Å². The molecule has 3 heterocycles. The van der Waals surface area contributed by atoms with Crippen LogP contribution in [0.1, 0.15) is 9.75 Å². The van der Waals surface area contributed by atoms with Crippen LogP contribution in [0.15, 0.2) is 36.7 Å². The summed E-state index contributed by atoms with van der Waals surface area (Å²) in [6.07, 6.45) is 6.45. The number of amides is 1. The van der Waals surface area contributed by atoms with Gasteiger partial charge in [-0.2, -0.15) is 0 Å². The van der Waals surface area contributed by atoms with Crippen LogP contribution in [0, 0.1) is 6.92 Å². The third kappa shape index (κ3) is 4.89. The van der Waals surface area contributed by atoms with E-state index in [4.69, 9.17) is 4.74 Å². The molecular weight excluding hydrogens is 352 g/mol. The van der Waals surface area contributed by atoms with Gasteiger partial charge in [0.1, 0.15) is 0 Å². The van der Waals surface area contributed by atoms with Crippen LogP contribution in [0.5, 0.6) is 0 Å². The highest BCUT2D eigenvalue weighted by molar-refractivity contribution is 7.12. The fourth-order valence-electron chi connectivity index (χ4n) is 2.58. The Labute approximate surface area is 155 Å². The molecule has 1 aliphatic rings. The molecule has 1 saturated heterocycles. The Kier molecular flexibility index (Phi) is 5.96. The second-order valence-corrected chi connectivity index (χ2v) is 7.13. The van der Waals surface area contributed by atoms with Gasteiger partial charge in [0, 0.05) is 54.4 Å². The number of aromatic nitrogens is 2. The molecule has 0 aromatic carbocycles. The van der Waals surface area contributed by atoms with Gasteiger partial charge in [-0.05, 0) is 31.2 Å². The standard InChI is InChI=1S/C18H20N4O3S/c1-14-3-4-15(26-14)5-6-17(24)25-13-16(23)21-9-11-22(12-10-21)18-19-7-2-8-20-18/h2-8H,9-13H2,1H3/b6-5+. The lowest BCUT2D eigenvalue weighted by molar-refractivity contribution is -0.148. The van der Waals surface area contributed by atoms with E-state index in [2.05, 4.69) is 9.97 Å². The maximum Gasteiger partial charge on any atom is 0.331 e. The van der Waals surface area contributed by atoms with Crippen molar-refractivity contribution in [2.75, 3.05) is 37.7 Å². The van der Waals surface area contributed by atoms with Crippen LogP contribution >= 0.6 is 11.3 Å². The van der Waals surface area contributed by atoms with Crippen molar-refractivity contribution in [2.24, 2.45) is 0 Å². The summed E-state index contributed by atoms with van der Waals surface area (Å²) in [5.74, 6) is -0.0342. The fourth-order valence-corrected chi connectivity index (χ4v) is 3.36. The second-order valence-electron chi connectivity index (χ2n) is 5.81. The summed E-state index contributed by atoms with van der Waals surface area (Å²) in [7, 11) is 0. The maximum atomic E-state index is 12.2. The van der Waals surface area contributed by atoms with Gasteiger partial charge in [-0.15, -0.1) is 11.3 Å². The number of carbonyl (C=O) groups excluding carboxylic acids is 2. The van der Waals surface area contributed by atoms with Crippen molar-refractivity contribution in [3.05, 3.63) is 46.4 Å². The molecule has 0 unspecified atom stereocenters. The molecule has 0 spiro atoms. The molecule has 1 amide bonds. The first kappa shape index (κ1) is 18.1. The van der Waals surface area contributed by atoms with E-state index in [0.717, 1.165) is 4.88 Å². The van der Waals surface area contributed by atoms with Gasteiger partial charge in [-0.3, -0.25) is 4.79 Å². The number of nitrogens with zero attached hydrogens (tertiary/aromatic N) is 4. The van der Waals surface area contributed by atoms with Crippen LogP contribution in [-0.4, -0.2) is 59.5 Å². The van der Waals surface area contributed by atoms with E-state index in [1.807, 2.05) is 24.0 Å². The molecule has 0 radical (unpaired) electrons. The van der Waals surface area contributed by atoms with Crippen molar-refractivity contribution in [1.29, 1.82) is 0 Å². The summed E-state index contributed by atoms with van der Waals surface area (Å²) < 4.78 is 5.05. The summed E-state index contributed by atoms with van der Waals surface area (Å²) in [5.41, 5.74) is 0. The third-order valence-electron chi connectivity index (χ3n) is 3.95. The average molecular weight is 372 g/mol. The Bertz CT molecular complexity index is 783. The van der Waals surface area contributed by atoms with Crippen LogP contribution in [0.3, 0.4) is 0 Å².